The molecule has 2 aliphatic rings. The van der Waals surface area contributed by atoms with E-state index in [1.165, 1.54) is 73.3 Å². The monoisotopic (exact) mass is 295 g/mol. The molecular weight excluding hydrogens is 270 g/mol. The van der Waals surface area contributed by atoms with Crippen molar-refractivity contribution in [2.24, 2.45) is 0 Å². The number of hydrogen-bond acceptors (Lipinski definition) is 2. The molecule has 0 atom stereocenters. The van der Waals surface area contributed by atoms with E-state index in [-0.39, 0.29) is 0 Å². The largest absolute Gasteiger partial charge is 0.370 e. The van der Waals surface area contributed by atoms with E-state index in [9.17, 15) is 0 Å². The van der Waals surface area contributed by atoms with Crippen molar-refractivity contribution >= 4 is 5.82 Å². The Balaban J connectivity index is 1.81. The van der Waals surface area contributed by atoms with Crippen LogP contribution in [0.1, 0.15) is 61.3 Å². The molecule has 3 nitrogen and oxygen atoms in total. The molecule has 0 amide bonds. The third-order valence-electron chi connectivity index (χ3n) is 5.18. The fraction of sp³-hybridized carbons (Fsp3) is 0.526. The standard InChI is InChI=1S/C19H25N3/c1-14-9-11-16(12-10-14)22-19-17(8-4-5-13-20-19)18(21-22)15-6-2-3-7-15/h9-12,15,20H,2-8,13H2,1H3. The van der Waals surface area contributed by atoms with Gasteiger partial charge in [-0.2, -0.15) is 5.10 Å². The van der Waals surface area contributed by atoms with E-state index in [4.69, 9.17) is 5.10 Å². The summed E-state index contributed by atoms with van der Waals surface area (Å²) in [5, 5.41) is 8.72. The normalized spacial score (nSPS) is 18.8. The molecule has 1 aromatic heterocycles. The van der Waals surface area contributed by atoms with Crippen LogP contribution >= 0.6 is 0 Å². The van der Waals surface area contributed by atoms with Crippen LogP contribution in [0.5, 0.6) is 0 Å². The lowest BCUT2D eigenvalue weighted by atomic mass is 9.97. The highest BCUT2D eigenvalue weighted by Crippen LogP contribution is 2.39. The lowest BCUT2D eigenvalue weighted by molar-refractivity contribution is 0.664. The van der Waals surface area contributed by atoms with E-state index in [1.54, 1.807) is 0 Å². The van der Waals surface area contributed by atoms with Gasteiger partial charge in [0.25, 0.3) is 0 Å². The van der Waals surface area contributed by atoms with Crippen molar-refractivity contribution < 1.29 is 0 Å². The Hall–Kier alpha value is -1.77. The summed E-state index contributed by atoms with van der Waals surface area (Å²) in [5.74, 6) is 1.93. The Morgan fingerprint density at radius 2 is 1.82 bits per heavy atom. The lowest BCUT2D eigenvalue weighted by Crippen LogP contribution is -2.07. The van der Waals surface area contributed by atoms with Gasteiger partial charge in [0, 0.05) is 18.0 Å². The van der Waals surface area contributed by atoms with Crippen LogP contribution < -0.4 is 5.32 Å². The molecule has 1 aliphatic carbocycles. The Morgan fingerprint density at radius 3 is 2.59 bits per heavy atom. The zero-order valence-corrected chi connectivity index (χ0v) is 13.4. The molecule has 0 bridgehead atoms. The SMILES string of the molecule is Cc1ccc(-n2nc(C3CCCC3)c3c2NCCCC3)cc1. The second-order valence-electron chi connectivity index (χ2n) is 6.83. The van der Waals surface area contributed by atoms with E-state index in [0.29, 0.717) is 5.92 Å². The molecule has 1 aromatic carbocycles. The second kappa shape index (κ2) is 5.79. The van der Waals surface area contributed by atoms with Crippen LogP contribution in [-0.4, -0.2) is 16.3 Å². The molecule has 1 aliphatic heterocycles. The third-order valence-corrected chi connectivity index (χ3v) is 5.18. The van der Waals surface area contributed by atoms with Gasteiger partial charge in [0.2, 0.25) is 0 Å². The molecule has 1 fully saturated rings. The fourth-order valence-corrected chi connectivity index (χ4v) is 3.93. The summed E-state index contributed by atoms with van der Waals surface area (Å²) in [5.41, 5.74) is 5.35. The summed E-state index contributed by atoms with van der Waals surface area (Å²) < 4.78 is 2.16. The fourth-order valence-electron chi connectivity index (χ4n) is 3.93. The molecule has 4 rings (SSSR count). The molecule has 116 valence electrons. The highest BCUT2D eigenvalue weighted by molar-refractivity contribution is 5.55. The van der Waals surface area contributed by atoms with Gasteiger partial charge in [0.05, 0.1) is 11.4 Å². The van der Waals surface area contributed by atoms with Gasteiger partial charge in [-0.3, -0.25) is 0 Å². The van der Waals surface area contributed by atoms with Crippen LogP contribution in [-0.2, 0) is 6.42 Å². The number of hydrogen-bond donors (Lipinski definition) is 1. The molecule has 2 heterocycles. The first-order chi connectivity index (χ1) is 10.8. The number of nitrogens with zero attached hydrogens (tertiary/aromatic N) is 2. The van der Waals surface area contributed by atoms with E-state index in [0.717, 1.165) is 6.54 Å². The van der Waals surface area contributed by atoms with Crippen molar-refractivity contribution in [1.82, 2.24) is 9.78 Å². The third kappa shape index (κ3) is 2.43. The zero-order valence-electron chi connectivity index (χ0n) is 13.4. The highest BCUT2D eigenvalue weighted by Gasteiger charge is 2.27. The first-order valence-electron chi connectivity index (χ1n) is 8.75. The molecule has 0 unspecified atom stereocenters. The van der Waals surface area contributed by atoms with Crippen LogP contribution in [0.3, 0.4) is 0 Å². The lowest BCUT2D eigenvalue weighted by Gasteiger charge is -2.09. The topological polar surface area (TPSA) is 29.9 Å². The highest BCUT2D eigenvalue weighted by atomic mass is 15.3. The van der Waals surface area contributed by atoms with Crippen molar-refractivity contribution in [3.05, 3.63) is 41.1 Å². The van der Waals surface area contributed by atoms with Crippen molar-refractivity contribution in [3.8, 4) is 5.69 Å². The minimum absolute atomic E-state index is 0.681. The summed E-state index contributed by atoms with van der Waals surface area (Å²) in [6.45, 7) is 3.20. The average Bonchev–Trinajstić information content (AvgIpc) is 3.10. The van der Waals surface area contributed by atoms with Gasteiger partial charge in [0.15, 0.2) is 0 Å². The van der Waals surface area contributed by atoms with E-state index >= 15 is 0 Å². The summed E-state index contributed by atoms with van der Waals surface area (Å²) in [6, 6.07) is 8.73. The molecular formula is C19H25N3. The number of aromatic nitrogens is 2. The van der Waals surface area contributed by atoms with E-state index in [2.05, 4.69) is 41.2 Å². The van der Waals surface area contributed by atoms with Gasteiger partial charge in [-0.25, -0.2) is 4.68 Å². The first-order valence-corrected chi connectivity index (χ1v) is 8.75. The Bertz CT molecular complexity index is 648. The van der Waals surface area contributed by atoms with E-state index < -0.39 is 0 Å². The van der Waals surface area contributed by atoms with Crippen LogP contribution in [0.2, 0.25) is 0 Å². The molecule has 1 N–H and O–H groups in total. The van der Waals surface area contributed by atoms with E-state index in [1.807, 2.05) is 0 Å². The number of aryl methyl sites for hydroxylation is 1. The van der Waals surface area contributed by atoms with Crippen molar-refractivity contribution in [2.45, 2.75) is 57.8 Å². The average molecular weight is 295 g/mol. The predicted molar refractivity (Wildman–Crippen MR) is 90.9 cm³/mol. The minimum atomic E-state index is 0.681. The quantitative estimate of drug-likeness (QED) is 0.878. The number of anilines is 1. The van der Waals surface area contributed by atoms with Gasteiger partial charge >= 0.3 is 0 Å². The summed E-state index contributed by atoms with van der Waals surface area (Å²) in [7, 11) is 0. The maximum absolute atomic E-state index is 5.07. The van der Waals surface area contributed by atoms with Crippen LogP contribution in [0.25, 0.3) is 5.69 Å². The zero-order chi connectivity index (χ0) is 14.9. The van der Waals surface area contributed by atoms with Gasteiger partial charge in [-0.15, -0.1) is 0 Å². The molecule has 22 heavy (non-hydrogen) atoms. The Kier molecular flexibility index (Phi) is 3.65. The summed E-state index contributed by atoms with van der Waals surface area (Å²) in [4.78, 5) is 0. The summed E-state index contributed by atoms with van der Waals surface area (Å²) >= 11 is 0. The van der Waals surface area contributed by atoms with Crippen LogP contribution in [0, 0.1) is 6.92 Å². The summed E-state index contributed by atoms with van der Waals surface area (Å²) in [6.07, 6.45) is 9.08. The number of nitrogens with one attached hydrogen (secondary N) is 1. The number of fused-ring (bicyclic) bond motifs is 1. The van der Waals surface area contributed by atoms with Crippen molar-refractivity contribution in [2.75, 3.05) is 11.9 Å². The van der Waals surface area contributed by atoms with Crippen molar-refractivity contribution in [3.63, 3.8) is 0 Å². The Labute approximate surface area is 132 Å². The number of rotatable bonds is 2. The van der Waals surface area contributed by atoms with Crippen LogP contribution in [0.4, 0.5) is 5.82 Å². The smallest absolute Gasteiger partial charge is 0.133 e. The molecule has 0 spiro atoms. The predicted octanol–water partition coefficient (Wildman–Crippen LogP) is 4.59. The first kappa shape index (κ1) is 13.9. The molecule has 2 aromatic rings. The molecule has 0 radical (unpaired) electrons. The van der Waals surface area contributed by atoms with Gasteiger partial charge in [-0.05, 0) is 51.2 Å². The maximum atomic E-state index is 5.07. The minimum Gasteiger partial charge on any atom is -0.370 e. The molecule has 1 saturated carbocycles. The molecule has 3 heteroatoms. The van der Waals surface area contributed by atoms with Gasteiger partial charge < -0.3 is 5.32 Å². The second-order valence-corrected chi connectivity index (χ2v) is 6.83. The Morgan fingerprint density at radius 1 is 1.05 bits per heavy atom. The van der Waals surface area contributed by atoms with Crippen molar-refractivity contribution in [1.29, 1.82) is 0 Å². The maximum Gasteiger partial charge on any atom is 0.133 e. The van der Waals surface area contributed by atoms with Gasteiger partial charge in [0.1, 0.15) is 5.82 Å². The number of benzene rings is 1. The molecule has 0 saturated heterocycles. The van der Waals surface area contributed by atoms with Gasteiger partial charge in [-0.1, -0.05) is 30.5 Å². The van der Waals surface area contributed by atoms with Crippen LogP contribution in [0.15, 0.2) is 24.3 Å².